The second kappa shape index (κ2) is 7.22. The predicted octanol–water partition coefficient (Wildman–Crippen LogP) is 1.88. The van der Waals surface area contributed by atoms with Crippen molar-refractivity contribution < 1.29 is 14.7 Å². The summed E-state index contributed by atoms with van der Waals surface area (Å²) in [4.78, 5) is 25.0. The maximum Gasteiger partial charge on any atom is 0.325 e. The molecule has 1 aromatic rings. The van der Waals surface area contributed by atoms with Gasteiger partial charge in [0.05, 0.1) is 0 Å². The van der Waals surface area contributed by atoms with Crippen molar-refractivity contribution in [3.8, 4) is 0 Å². The summed E-state index contributed by atoms with van der Waals surface area (Å²) in [6.45, 7) is 4.63. The number of benzene rings is 1. The molecule has 2 rings (SSSR count). The lowest BCUT2D eigenvalue weighted by Gasteiger charge is -2.26. The standard InChI is InChI=1S/C16H22N2O3/c1-12(16(20)21)17-15(19)14-7-5-13(6-8-14)11-18-9-3-2-4-10-18/h5-8,12H,2-4,9-11H2,1H3,(H,17,19)(H,20,21). The van der Waals surface area contributed by atoms with E-state index in [4.69, 9.17) is 5.11 Å². The smallest absolute Gasteiger partial charge is 0.325 e. The van der Waals surface area contributed by atoms with E-state index in [0.717, 1.165) is 19.6 Å². The summed E-state index contributed by atoms with van der Waals surface area (Å²) in [7, 11) is 0. The van der Waals surface area contributed by atoms with Crippen molar-refractivity contribution in [2.75, 3.05) is 13.1 Å². The first-order valence-corrected chi connectivity index (χ1v) is 7.41. The Kier molecular flexibility index (Phi) is 5.33. The molecule has 0 aliphatic carbocycles. The number of hydrogen-bond donors (Lipinski definition) is 2. The Morgan fingerprint density at radius 1 is 1.19 bits per heavy atom. The van der Waals surface area contributed by atoms with Gasteiger partial charge in [0.25, 0.3) is 5.91 Å². The molecule has 21 heavy (non-hydrogen) atoms. The predicted molar refractivity (Wildman–Crippen MR) is 80.1 cm³/mol. The first-order valence-electron chi connectivity index (χ1n) is 7.41. The Hall–Kier alpha value is -1.88. The SMILES string of the molecule is CC(NC(=O)c1ccc(CN2CCCCC2)cc1)C(=O)O. The number of hydrogen-bond acceptors (Lipinski definition) is 3. The molecule has 0 bridgehead atoms. The van der Waals surface area contributed by atoms with Crippen molar-refractivity contribution in [1.29, 1.82) is 0 Å². The lowest BCUT2D eigenvalue weighted by molar-refractivity contribution is -0.138. The third-order valence-electron chi connectivity index (χ3n) is 3.79. The zero-order chi connectivity index (χ0) is 15.2. The summed E-state index contributed by atoms with van der Waals surface area (Å²) in [5.74, 6) is -1.39. The molecule has 1 aliphatic heterocycles. The van der Waals surface area contributed by atoms with E-state index in [0.29, 0.717) is 5.56 Å². The minimum Gasteiger partial charge on any atom is -0.480 e. The van der Waals surface area contributed by atoms with Crippen LogP contribution in [0.15, 0.2) is 24.3 Å². The van der Waals surface area contributed by atoms with Gasteiger partial charge in [0.2, 0.25) is 0 Å². The first kappa shape index (κ1) is 15.5. The molecular weight excluding hydrogens is 268 g/mol. The molecule has 1 aliphatic rings. The van der Waals surface area contributed by atoms with Gasteiger partial charge in [0, 0.05) is 12.1 Å². The van der Waals surface area contributed by atoms with Gasteiger partial charge in [-0.1, -0.05) is 18.6 Å². The van der Waals surface area contributed by atoms with Gasteiger partial charge in [-0.25, -0.2) is 0 Å². The Morgan fingerprint density at radius 3 is 2.38 bits per heavy atom. The Labute approximate surface area is 125 Å². The summed E-state index contributed by atoms with van der Waals surface area (Å²) in [6.07, 6.45) is 3.83. The molecule has 1 fully saturated rings. The number of carbonyl (C=O) groups excluding carboxylic acids is 1. The van der Waals surface area contributed by atoms with Crippen LogP contribution in [-0.4, -0.2) is 41.0 Å². The second-order valence-corrected chi connectivity index (χ2v) is 5.57. The van der Waals surface area contributed by atoms with Gasteiger partial charge < -0.3 is 10.4 Å². The number of piperidine rings is 1. The number of nitrogens with zero attached hydrogens (tertiary/aromatic N) is 1. The van der Waals surface area contributed by atoms with Crippen LogP contribution in [0.5, 0.6) is 0 Å². The molecule has 1 unspecified atom stereocenters. The lowest BCUT2D eigenvalue weighted by Crippen LogP contribution is -2.38. The molecule has 5 nitrogen and oxygen atoms in total. The molecule has 1 aromatic carbocycles. The summed E-state index contributed by atoms with van der Waals surface area (Å²) >= 11 is 0. The van der Waals surface area contributed by atoms with Crippen LogP contribution in [0, 0.1) is 0 Å². The lowest BCUT2D eigenvalue weighted by atomic mass is 10.1. The third-order valence-corrected chi connectivity index (χ3v) is 3.79. The Balaban J connectivity index is 1.91. The normalized spacial score (nSPS) is 17.2. The van der Waals surface area contributed by atoms with E-state index in [2.05, 4.69) is 10.2 Å². The fourth-order valence-electron chi connectivity index (χ4n) is 2.48. The molecule has 5 heteroatoms. The molecule has 0 radical (unpaired) electrons. The average molecular weight is 290 g/mol. The van der Waals surface area contributed by atoms with E-state index in [1.807, 2.05) is 12.1 Å². The molecule has 1 amide bonds. The number of rotatable bonds is 5. The summed E-state index contributed by atoms with van der Waals surface area (Å²) in [5.41, 5.74) is 1.67. The number of likely N-dealkylation sites (tertiary alicyclic amines) is 1. The number of carboxylic acid groups (broad SMARTS) is 1. The van der Waals surface area contributed by atoms with Crippen LogP contribution in [0.25, 0.3) is 0 Å². The van der Waals surface area contributed by atoms with Gasteiger partial charge in [-0.2, -0.15) is 0 Å². The fourth-order valence-corrected chi connectivity index (χ4v) is 2.48. The van der Waals surface area contributed by atoms with Crippen molar-refractivity contribution in [3.63, 3.8) is 0 Å². The highest BCUT2D eigenvalue weighted by atomic mass is 16.4. The van der Waals surface area contributed by atoms with Gasteiger partial charge in [0.1, 0.15) is 6.04 Å². The summed E-state index contributed by atoms with van der Waals surface area (Å²) in [5, 5.41) is 11.2. The van der Waals surface area contributed by atoms with E-state index >= 15 is 0 Å². The maximum atomic E-state index is 11.9. The maximum absolute atomic E-state index is 11.9. The van der Waals surface area contributed by atoms with Crippen LogP contribution in [0.1, 0.15) is 42.1 Å². The third kappa shape index (κ3) is 4.56. The number of amides is 1. The summed E-state index contributed by atoms with van der Waals surface area (Å²) < 4.78 is 0. The molecule has 0 aromatic heterocycles. The van der Waals surface area contributed by atoms with Gasteiger partial charge in [0.15, 0.2) is 0 Å². The minimum atomic E-state index is -1.04. The average Bonchev–Trinajstić information content (AvgIpc) is 2.48. The fraction of sp³-hybridized carbons (Fsp3) is 0.500. The van der Waals surface area contributed by atoms with Crippen molar-refractivity contribution in [2.45, 2.75) is 38.8 Å². The van der Waals surface area contributed by atoms with Crippen molar-refractivity contribution in [1.82, 2.24) is 10.2 Å². The second-order valence-electron chi connectivity index (χ2n) is 5.57. The zero-order valence-electron chi connectivity index (χ0n) is 12.3. The largest absolute Gasteiger partial charge is 0.480 e. The topological polar surface area (TPSA) is 69.6 Å². The molecule has 1 saturated heterocycles. The molecule has 1 heterocycles. The zero-order valence-corrected chi connectivity index (χ0v) is 12.3. The van der Waals surface area contributed by atoms with E-state index in [1.54, 1.807) is 12.1 Å². The molecule has 114 valence electrons. The van der Waals surface area contributed by atoms with Gasteiger partial charge in [-0.3, -0.25) is 14.5 Å². The van der Waals surface area contributed by atoms with Crippen LogP contribution in [0.4, 0.5) is 0 Å². The van der Waals surface area contributed by atoms with Crippen LogP contribution >= 0.6 is 0 Å². The van der Waals surface area contributed by atoms with E-state index in [1.165, 1.54) is 31.7 Å². The van der Waals surface area contributed by atoms with E-state index in [-0.39, 0.29) is 5.91 Å². The highest BCUT2D eigenvalue weighted by Gasteiger charge is 2.15. The van der Waals surface area contributed by atoms with Gasteiger partial charge >= 0.3 is 5.97 Å². The highest BCUT2D eigenvalue weighted by Crippen LogP contribution is 2.13. The molecule has 2 N–H and O–H groups in total. The van der Waals surface area contributed by atoms with Crippen LogP contribution in [-0.2, 0) is 11.3 Å². The molecule has 1 atom stereocenters. The Bertz CT molecular complexity index is 493. The monoisotopic (exact) mass is 290 g/mol. The first-order chi connectivity index (χ1) is 10.1. The number of aliphatic carboxylic acids is 1. The molecular formula is C16H22N2O3. The van der Waals surface area contributed by atoms with Crippen LogP contribution in [0.3, 0.4) is 0 Å². The number of carboxylic acids is 1. The van der Waals surface area contributed by atoms with E-state index in [9.17, 15) is 9.59 Å². The summed E-state index contributed by atoms with van der Waals surface area (Å²) in [6, 6.07) is 6.50. The number of nitrogens with one attached hydrogen (secondary N) is 1. The van der Waals surface area contributed by atoms with Crippen LogP contribution in [0.2, 0.25) is 0 Å². The van der Waals surface area contributed by atoms with Crippen molar-refractivity contribution in [2.24, 2.45) is 0 Å². The molecule has 0 saturated carbocycles. The quantitative estimate of drug-likeness (QED) is 0.868. The van der Waals surface area contributed by atoms with Gasteiger partial charge in [-0.05, 0) is 50.6 Å². The Morgan fingerprint density at radius 2 is 1.81 bits per heavy atom. The van der Waals surface area contributed by atoms with Crippen LogP contribution < -0.4 is 5.32 Å². The number of carbonyl (C=O) groups is 2. The van der Waals surface area contributed by atoms with Crippen molar-refractivity contribution >= 4 is 11.9 Å². The molecule has 0 spiro atoms. The van der Waals surface area contributed by atoms with Crippen molar-refractivity contribution in [3.05, 3.63) is 35.4 Å². The minimum absolute atomic E-state index is 0.352. The van der Waals surface area contributed by atoms with E-state index < -0.39 is 12.0 Å². The highest BCUT2D eigenvalue weighted by molar-refractivity contribution is 5.96. The van der Waals surface area contributed by atoms with Gasteiger partial charge in [-0.15, -0.1) is 0 Å².